The highest BCUT2D eigenvalue weighted by Crippen LogP contribution is 2.36. The molecule has 144 valence electrons. The average Bonchev–Trinajstić information content (AvgIpc) is 3.09. The first kappa shape index (κ1) is 18.8. The second-order valence-corrected chi connectivity index (χ2v) is 5.85. The zero-order valence-electron chi connectivity index (χ0n) is 14.4. The van der Waals surface area contributed by atoms with E-state index in [0.29, 0.717) is 12.3 Å². The summed E-state index contributed by atoms with van der Waals surface area (Å²) in [6, 6.07) is 5.89. The molecule has 2 aromatic rings. The Morgan fingerprint density at radius 1 is 1.48 bits per heavy atom. The number of aryl methyl sites for hydroxylation is 1. The second kappa shape index (κ2) is 7.70. The van der Waals surface area contributed by atoms with E-state index in [1.165, 1.54) is 30.5 Å². The number of aliphatic imine (C=N–C) groups is 1. The van der Waals surface area contributed by atoms with Crippen LogP contribution in [0, 0.1) is 0 Å². The number of anilines is 1. The predicted molar refractivity (Wildman–Crippen MR) is 92.1 cm³/mol. The number of benzene rings is 1. The number of hydrogen-bond donors (Lipinski definition) is 2. The first-order chi connectivity index (χ1) is 12.9. The van der Waals surface area contributed by atoms with Gasteiger partial charge in [-0.25, -0.2) is 13.6 Å². The van der Waals surface area contributed by atoms with E-state index in [1.54, 1.807) is 0 Å². The Hall–Kier alpha value is -3.01. The van der Waals surface area contributed by atoms with Crippen molar-refractivity contribution >= 4 is 17.6 Å². The Labute approximate surface area is 153 Å². The van der Waals surface area contributed by atoms with Crippen LogP contribution in [-0.4, -0.2) is 36.6 Å². The molecule has 27 heavy (non-hydrogen) atoms. The maximum absolute atomic E-state index is 13.8. The number of carbonyl (C=O) groups excluding carboxylic acids is 1. The third kappa shape index (κ3) is 4.05. The molecular formula is C17H18F2N4O4. The van der Waals surface area contributed by atoms with Crippen molar-refractivity contribution in [3.05, 3.63) is 42.0 Å². The highest BCUT2D eigenvalue weighted by Gasteiger charge is 2.44. The van der Waals surface area contributed by atoms with Crippen molar-refractivity contribution in [3.63, 3.8) is 0 Å². The maximum Gasteiger partial charge on any atom is 0.418 e. The molecule has 0 spiro atoms. The normalized spacial score (nSPS) is 19.6. The Morgan fingerprint density at radius 3 is 2.96 bits per heavy atom. The fourth-order valence-corrected chi connectivity index (χ4v) is 2.63. The number of aromatic nitrogens is 1. The van der Waals surface area contributed by atoms with Crippen LogP contribution in [0.3, 0.4) is 0 Å². The summed E-state index contributed by atoms with van der Waals surface area (Å²) in [7, 11) is 0. The zero-order chi connectivity index (χ0) is 19.4. The Balaban J connectivity index is 1.78. The van der Waals surface area contributed by atoms with Crippen LogP contribution in [0.5, 0.6) is 5.88 Å². The van der Waals surface area contributed by atoms with E-state index in [9.17, 15) is 13.6 Å². The van der Waals surface area contributed by atoms with E-state index in [1.807, 2.05) is 6.92 Å². The number of halogens is 2. The smallest absolute Gasteiger partial charge is 0.418 e. The number of amidine groups is 1. The number of amides is 1. The minimum absolute atomic E-state index is 0.00242. The van der Waals surface area contributed by atoms with Crippen molar-refractivity contribution in [2.75, 3.05) is 18.5 Å². The van der Waals surface area contributed by atoms with Gasteiger partial charge in [-0.15, -0.1) is 0 Å². The van der Waals surface area contributed by atoms with Crippen molar-refractivity contribution in [1.82, 2.24) is 4.98 Å². The van der Waals surface area contributed by atoms with Crippen LogP contribution in [0.15, 0.2) is 39.9 Å². The molecule has 8 nitrogen and oxygen atoms in total. The van der Waals surface area contributed by atoms with Crippen LogP contribution in [0.2, 0.25) is 0 Å². The number of carbonyl (C=O) groups is 1. The fraction of sp³-hybridized carbons (Fsp3) is 0.353. The Kier molecular flexibility index (Phi) is 5.36. The monoisotopic (exact) mass is 380 g/mol. The SMILES string of the molecule is CCc1nc(OC(=O)Nc2cccc(C3(C(F)F)COCC(N)=N3)c2)co1. The van der Waals surface area contributed by atoms with Gasteiger partial charge in [-0.05, 0) is 17.7 Å². The van der Waals surface area contributed by atoms with Crippen molar-refractivity contribution in [2.24, 2.45) is 10.7 Å². The number of nitrogens with one attached hydrogen (secondary N) is 1. The van der Waals surface area contributed by atoms with Gasteiger partial charge in [0, 0.05) is 12.1 Å². The molecule has 1 atom stereocenters. The molecule has 1 aromatic heterocycles. The summed E-state index contributed by atoms with van der Waals surface area (Å²) in [5.41, 5.74) is 4.07. The summed E-state index contributed by atoms with van der Waals surface area (Å²) < 4.78 is 42.8. The average molecular weight is 380 g/mol. The fourth-order valence-electron chi connectivity index (χ4n) is 2.63. The lowest BCUT2D eigenvalue weighted by Crippen LogP contribution is -2.44. The molecule has 1 aliphatic heterocycles. The minimum Gasteiger partial charge on any atom is -0.445 e. The molecule has 1 aromatic carbocycles. The molecule has 1 aliphatic rings. The quantitative estimate of drug-likeness (QED) is 0.825. The summed E-state index contributed by atoms with van der Waals surface area (Å²) in [5.74, 6) is 0.408. The van der Waals surface area contributed by atoms with Crippen LogP contribution in [0.4, 0.5) is 19.3 Å². The topological polar surface area (TPSA) is 112 Å². The van der Waals surface area contributed by atoms with Gasteiger partial charge in [0.05, 0.1) is 6.61 Å². The minimum atomic E-state index is -2.85. The van der Waals surface area contributed by atoms with Crippen molar-refractivity contribution in [3.8, 4) is 5.88 Å². The molecule has 1 amide bonds. The van der Waals surface area contributed by atoms with Gasteiger partial charge in [0.1, 0.15) is 12.4 Å². The molecule has 0 saturated heterocycles. The molecule has 0 bridgehead atoms. The summed E-state index contributed by atoms with van der Waals surface area (Å²) in [6.07, 6.45) is -1.93. The van der Waals surface area contributed by atoms with Crippen LogP contribution < -0.4 is 15.8 Å². The number of alkyl halides is 2. The summed E-state index contributed by atoms with van der Waals surface area (Å²) >= 11 is 0. The Bertz CT molecular complexity index is 855. The lowest BCUT2D eigenvalue weighted by molar-refractivity contribution is -0.0129. The van der Waals surface area contributed by atoms with Crippen molar-refractivity contribution in [1.29, 1.82) is 0 Å². The van der Waals surface area contributed by atoms with Gasteiger partial charge in [-0.2, -0.15) is 4.98 Å². The number of nitrogens with zero attached hydrogens (tertiary/aromatic N) is 2. The third-order valence-corrected chi connectivity index (χ3v) is 3.92. The van der Waals surface area contributed by atoms with Gasteiger partial charge in [-0.1, -0.05) is 19.1 Å². The number of ether oxygens (including phenoxy) is 2. The largest absolute Gasteiger partial charge is 0.445 e. The summed E-state index contributed by atoms with van der Waals surface area (Å²) in [5, 5.41) is 2.46. The number of rotatable bonds is 5. The lowest BCUT2D eigenvalue weighted by atomic mass is 9.90. The van der Waals surface area contributed by atoms with Crippen LogP contribution >= 0.6 is 0 Å². The van der Waals surface area contributed by atoms with E-state index in [4.69, 9.17) is 19.6 Å². The number of oxazole rings is 1. The van der Waals surface area contributed by atoms with Gasteiger partial charge in [-0.3, -0.25) is 10.3 Å². The lowest BCUT2D eigenvalue weighted by Gasteiger charge is -2.33. The van der Waals surface area contributed by atoms with Gasteiger partial charge >= 0.3 is 6.09 Å². The van der Waals surface area contributed by atoms with Crippen LogP contribution in [-0.2, 0) is 16.7 Å². The summed E-state index contributed by atoms with van der Waals surface area (Å²) in [4.78, 5) is 19.9. The second-order valence-electron chi connectivity index (χ2n) is 5.85. The molecule has 0 saturated carbocycles. The summed E-state index contributed by atoms with van der Waals surface area (Å²) in [6.45, 7) is 1.51. The number of nitrogens with two attached hydrogens (primary N) is 1. The highest BCUT2D eigenvalue weighted by molar-refractivity contribution is 5.86. The van der Waals surface area contributed by atoms with E-state index in [-0.39, 0.29) is 36.2 Å². The first-order valence-corrected chi connectivity index (χ1v) is 8.17. The zero-order valence-corrected chi connectivity index (χ0v) is 14.4. The molecule has 0 radical (unpaired) electrons. The molecule has 0 fully saturated rings. The molecule has 2 heterocycles. The molecule has 1 unspecified atom stereocenters. The molecule has 10 heteroatoms. The first-order valence-electron chi connectivity index (χ1n) is 8.17. The molecule has 3 N–H and O–H groups in total. The van der Waals surface area contributed by atoms with E-state index in [2.05, 4.69) is 15.3 Å². The standard InChI is InChI=1S/C17H18F2N4O4/c1-2-13-22-14(8-26-13)27-16(24)21-11-5-3-4-10(6-11)17(15(18)19)9-25-7-12(20)23-17/h3-6,8,15H,2,7,9H2,1H3,(H2,20,23)(H,21,24). The highest BCUT2D eigenvalue weighted by atomic mass is 19.3. The molecule has 0 aliphatic carbocycles. The predicted octanol–water partition coefficient (Wildman–Crippen LogP) is 2.70. The van der Waals surface area contributed by atoms with Crippen molar-refractivity contribution < 1.29 is 27.5 Å². The third-order valence-electron chi connectivity index (χ3n) is 3.92. The van der Waals surface area contributed by atoms with Gasteiger partial charge in [0.15, 0.2) is 17.7 Å². The van der Waals surface area contributed by atoms with E-state index >= 15 is 0 Å². The van der Waals surface area contributed by atoms with E-state index in [0.717, 1.165) is 0 Å². The Morgan fingerprint density at radius 2 is 2.30 bits per heavy atom. The maximum atomic E-state index is 13.8. The van der Waals surface area contributed by atoms with Gasteiger partial charge in [0.2, 0.25) is 0 Å². The van der Waals surface area contributed by atoms with E-state index < -0.39 is 18.1 Å². The van der Waals surface area contributed by atoms with Gasteiger partial charge < -0.3 is 19.6 Å². The van der Waals surface area contributed by atoms with Crippen LogP contribution in [0.25, 0.3) is 0 Å². The van der Waals surface area contributed by atoms with Crippen molar-refractivity contribution in [2.45, 2.75) is 25.3 Å². The molecular weight excluding hydrogens is 362 g/mol. The van der Waals surface area contributed by atoms with Crippen LogP contribution in [0.1, 0.15) is 18.4 Å². The van der Waals surface area contributed by atoms with Gasteiger partial charge in [0.25, 0.3) is 12.3 Å². The molecule has 3 rings (SSSR count). The number of hydrogen-bond acceptors (Lipinski definition) is 7.